The lowest BCUT2D eigenvalue weighted by molar-refractivity contribution is -0.133. The van der Waals surface area contributed by atoms with Crippen molar-refractivity contribution in [1.29, 1.82) is 0 Å². The van der Waals surface area contributed by atoms with E-state index in [9.17, 15) is 19.5 Å². The van der Waals surface area contributed by atoms with Gasteiger partial charge in [0.2, 0.25) is 17.7 Å². The van der Waals surface area contributed by atoms with E-state index in [1.807, 2.05) is 35.4 Å². The maximum Gasteiger partial charge on any atom is 0.245 e. The van der Waals surface area contributed by atoms with Gasteiger partial charge in [-0.2, -0.15) is 0 Å². The van der Waals surface area contributed by atoms with Crippen LogP contribution in [0.1, 0.15) is 50.7 Å². The molecule has 2 aliphatic rings. The van der Waals surface area contributed by atoms with E-state index < -0.39 is 30.0 Å². The minimum absolute atomic E-state index is 0.125. The molecule has 2 aromatic rings. The van der Waals surface area contributed by atoms with Gasteiger partial charge in [-0.15, -0.1) is 0 Å². The summed E-state index contributed by atoms with van der Waals surface area (Å²) in [7, 11) is 0. The molecule has 0 bridgehead atoms. The third-order valence-corrected chi connectivity index (χ3v) is 6.91. The summed E-state index contributed by atoms with van der Waals surface area (Å²) >= 11 is 0. The molecule has 1 aromatic heterocycles. The topological polar surface area (TPSA) is 116 Å². The van der Waals surface area contributed by atoms with Crippen molar-refractivity contribution < 1.29 is 19.5 Å². The van der Waals surface area contributed by atoms with E-state index in [2.05, 4.69) is 34.0 Å². The second-order valence-electron chi connectivity index (χ2n) is 9.35. The molecule has 0 saturated carbocycles. The van der Waals surface area contributed by atoms with Gasteiger partial charge >= 0.3 is 0 Å². The van der Waals surface area contributed by atoms with Crippen LogP contribution >= 0.6 is 0 Å². The van der Waals surface area contributed by atoms with Crippen molar-refractivity contribution in [3.8, 4) is 0 Å². The number of aliphatic hydroxyl groups is 1. The summed E-state index contributed by atoms with van der Waals surface area (Å²) in [6, 6.07) is 6.08. The molecule has 2 saturated heterocycles. The second-order valence-corrected chi connectivity index (χ2v) is 9.35. The fourth-order valence-electron chi connectivity index (χ4n) is 4.98. The first-order valence-corrected chi connectivity index (χ1v) is 12.5. The summed E-state index contributed by atoms with van der Waals surface area (Å²) in [6.07, 6.45) is 5.11. The summed E-state index contributed by atoms with van der Waals surface area (Å²) in [6.45, 7) is 7.51. The molecular formula is C26H35N5O4. The lowest BCUT2D eigenvalue weighted by Crippen LogP contribution is -2.56. The van der Waals surface area contributed by atoms with E-state index in [1.54, 1.807) is 0 Å². The van der Waals surface area contributed by atoms with E-state index >= 15 is 0 Å². The molecule has 188 valence electrons. The number of fused-ring (bicyclic) bond motifs is 2. The van der Waals surface area contributed by atoms with Crippen LogP contribution in [0.2, 0.25) is 0 Å². The van der Waals surface area contributed by atoms with Gasteiger partial charge in [-0.1, -0.05) is 38.1 Å². The molecule has 3 unspecified atom stereocenters. The highest BCUT2D eigenvalue weighted by Gasteiger charge is 2.34. The lowest BCUT2D eigenvalue weighted by Gasteiger charge is -2.38. The summed E-state index contributed by atoms with van der Waals surface area (Å²) < 4.78 is 2.07. The van der Waals surface area contributed by atoms with E-state index in [0.717, 1.165) is 43.1 Å². The van der Waals surface area contributed by atoms with Crippen molar-refractivity contribution in [3.63, 3.8) is 0 Å². The molecule has 3 heterocycles. The number of hydrogen-bond acceptors (Lipinski definition) is 5. The Labute approximate surface area is 205 Å². The van der Waals surface area contributed by atoms with Crippen molar-refractivity contribution in [1.82, 2.24) is 25.4 Å². The Morgan fingerprint density at radius 3 is 2.69 bits per heavy atom. The van der Waals surface area contributed by atoms with Crippen molar-refractivity contribution in [2.24, 2.45) is 0 Å². The Morgan fingerprint density at radius 2 is 1.89 bits per heavy atom. The normalized spacial score (nSPS) is 23.0. The number of hydrogen-bond donors (Lipinski definition) is 4. The van der Waals surface area contributed by atoms with Crippen molar-refractivity contribution in [3.05, 3.63) is 48.3 Å². The Hall–Kier alpha value is -3.33. The number of aryl methyl sites for hydroxylation is 1. The SMILES string of the molecule is C=C1CNC(=O)C(C(O)c2cn(CCCC)c3ccccc23)NC(=O)CNC(=O)C2CCCCN12. The van der Waals surface area contributed by atoms with E-state index in [0.29, 0.717) is 24.2 Å². The first-order valence-electron chi connectivity index (χ1n) is 12.5. The van der Waals surface area contributed by atoms with Crippen LogP contribution in [0, 0.1) is 0 Å². The zero-order valence-corrected chi connectivity index (χ0v) is 20.3. The average Bonchev–Trinajstić information content (AvgIpc) is 3.25. The highest BCUT2D eigenvalue weighted by atomic mass is 16.3. The number of aliphatic hydroxyl groups excluding tert-OH is 1. The van der Waals surface area contributed by atoms with Crippen molar-refractivity contribution >= 4 is 28.6 Å². The van der Waals surface area contributed by atoms with Crippen molar-refractivity contribution in [2.75, 3.05) is 19.6 Å². The fraction of sp³-hybridized carbons (Fsp3) is 0.500. The standard InChI is InChI=1S/C26H35N5O4/c1-3-4-12-30-16-19(18-9-5-6-10-20(18)30)24(33)23-26(35)27-14-17(2)31-13-8-7-11-21(31)25(34)28-15-22(32)29-23/h5-6,9-10,16,21,23-24,33H,2-4,7-8,11-15H2,1H3,(H,27,35)(H,28,34)(H,29,32). The molecule has 9 nitrogen and oxygen atoms in total. The van der Waals surface area contributed by atoms with Crippen LogP contribution in [-0.2, 0) is 20.9 Å². The van der Waals surface area contributed by atoms with Crippen LogP contribution < -0.4 is 16.0 Å². The summed E-state index contributed by atoms with van der Waals surface area (Å²) in [5.74, 6) is -1.27. The third kappa shape index (κ3) is 5.35. The number of rotatable bonds is 5. The Kier molecular flexibility index (Phi) is 7.75. The number of para-hydroxylation sites is 1. The molecule has 9 heteroatoms. The summed E-state index contributed by atoms with van der Waals surface area (Å²) in [5.41, 5.74) is 2.17. The number of nitrogens with one attached hydrogen (secondary N) is 3. The van der Waals surface area contributed by atoms with Gasteiger partial charge in [-0.05, 0) is 31.7 Å². The highest BCUT2D eigenvalue weighted by Crippen LogP contribution is 2.29. The largest absolute Gasteiger partial charge is 0.386 e. The maximum atomic E-state index is 13.2. The van der Waals surface area contributed by atoms with Gasteiger partial charge in [0.15, 0.2) is 0 Å². The van der Waals surface area contributed by atoms with Gasteiger partial charge < -0.3 is 30.5 Å². The smallest absolute Gasteiger partial charge is 0.245 e. The lowest BCUT2D eigenvalue weighted by atomic mass is 9.99. The van der Waals surface area contributed by atoms with Crippen LogP contribution in [0.5, 0.6) is 0 Å². The number of carbonyl (C=O) groups is 3. The summed E-state index contributed by atoms with van der Waals surface area (Å²) in [4.78, 5) is 40.6. The molecule has 4 rings (SSSR count). The van der Waals surface area contributed by atoms with Gasteiger partial charge in [0, 0.05) is 41.4 Å². The number of unbranched alkanes of at least 4 members (excludes halogenated alkanes) is 1. The third-order valence-electron chi connectivity index (χ3n) is 6.91. The quantitative estimate of drug-likeness (QED) is 0.518. The van der Waals surface area contributed by atoms with Gasteiger partial charge in [0.25, 0.3) is 0 Å². The maximum absolute atomic E-state index is 13.2. The minimum Gasteiger partial charge on any atom is -0.386 e. The minimum atomic E-state index is -1.28. The number of amides is 3. The molecule has 0 aliphatic carbocycles. The molecule has 2 fully saturated rings. The van der Waals surface area contributed by atoms with Crippen LogP contribution in [-0.4, -0.2) is 64.0 Å². The molecule has 3 amide bonds. The Morgan fingerprint density at radius 1 is 1.11 bits per heavy atom. The Balaban J connectivity index is 1.61. The average molecular weight is 482 g/mol. The van der Waals surface area contributed by atoms with Gasteiger partial charge in [-0.25, -0.2) is 0 Å². The first-order chi connectivity index (χ1) is 16.9. The zero-order valence-electron chi connectivity index (χ0n) is 20.3. The van der Waals surface area contributed by atoms with E-state index in [4.69, 9.17) is 0 Å². The van der Waals surface area contributed by atoms with Crippen LogP contribution in [0.3, 0.4) is 0 Å². The van der Waals surface area contributed by atoms with Gasteiger partial charge in [-0.3, -0.25) is 14.4 Å². The molecule has 0 spiro atoms. The predicted octanol–water partition coefficient (Wildman–Crippen LogP) is 1.57. The van der Waals surface area contributed by atoms with Crippen LogP contribution in [0.25, 0.3) is 10.9 Å². The van der Waals surface area contributed by atoms with Gasteiger partial charge in [0.05, 0.1) is 13.1 Å². The van der Waals surface area contributed by atoms with E-state index in [1.165, 1.54) is 0 Å². The first kappa shape index (κ1) is 24.8. The fourth-order valence-corrected chi connectivity index (χ4v) is 4.98. The number of carbonyl (C=O) groups excluding carboxylic acids is 3. The van der Waals surface area contributed by atoms with E-state index in [-0.39, 0.29) is 19.0 Å². The summed E-state index contributed by atoms with van der Waals surface area (Å²) in [5, 5.41) is 20.3. The van der Waals surface area contributed by atoms with Gasteiger partial charge in [0.1, 0.15) is 18.2 Å². The molecule has 4 N–H and O–H groups in total. The van der Waals surface area contributed by atoms with Crippen molar-refractivity contribution in [2.45, 2.75) is 63.8 Å². The molecule has 1 aromatic carbocycles. The number of aromatic nitrogens is 1. The van der Waals surface area contributed by atoms with Crippen LogP contribution in [0.15, 0.2) is 42.7 Å². The molecule has 2 aliphatic heterocycles. The number of piperidine rings is 1. The monoisotopic (exact) mass is 481 g/mol. The molecule has 3 atom stereocenters. The predicted molar refractivity (Wildman–Crippen MR) is 133 cm³/mol. The zero-order chi connectivity index (χ0) is 24.9. The van der Waals surface area contributed by atoms with Crippen LogP contribution in [0.4, 0.5) is 0 Å². The number of nitrogens with zero attached hydrogens (tertiary/aromatic N) is 2. The molecule has 0 radical (unpaired) electrons. The highest BCUT2D eigenvalue weighted by molar-refractivity contribution is 5.93. The second kappa shape index (κ2) is 10.9. The molecule has 35 heavy (non-hydrogen) atoms. The molecular weight excluding hydrogens is 446 g/mol. The number of benzene rings is 1. The Bertz CT molecular complexity index is 1110.